The van der Waals surface area contributed by atoms with Gasteiger partial charge in [-0.25, -0.2) is 5.48 Å². The van der Waals surface area contributed by atoms with Crippen LogP contribution < -0.4 is 5.48 Å². The Morgan fingerprint density at radius 3 is 2.67 bits per heavy atom. The highest BCUT2D eigenvalue weighted by atomic mass is 16.5. The summed E-state index contributed by atoms with van der Waals surface area (Å²) in [5.41, 5.74) is 3.75. The van der Waals surface area contributed by atoms with Crippen LogP contribution in [0.3, 0.4) is 0 Å². The smallest absolute Gasteiger partial charge is 0.266 e. The molecular weight excluding hydrogens is 232 g/mol. The van der Waals surface area contributed by atoms with Crippen molar-refractivity contribution in [3.63, 3.8) is 0 Å². The number of benzene rings is 1. The number of carbonyl (C=O) groups excluding carboxylic acids is 2. The molecule has 96 valence electrons. The van der Waals surface area contributed by atoms with E-state index in [-0.39, 0.29) is 5.91 Å². The van der Waals surface area contributed by atoms with E-state index in [1.807, 2.05) is 24.3 Å². The van der Waals surface area contributed by atoms with Gasteiger partial charge in [0.25, 0.3) is 5.91 Å². The van der Waals surface area contributed by atoms with Crippen LogP contribution in [-0.2, 0) is 22.6 Å². The molecule has 2 N–H and O–H groups in total. The van der Waals surface area contributed by atoms with Gasteiger partial charge in [0.05, 0.1) is 0 Å². The Balaban J connectivity index is 2.33. The third kappa shape index (κ3) is 2.22. The Bertz CT molecular complexity index is 430. The second-order valence-electron chi connectivity index (χ2n) is 4.34. The SMILES string of the molecule is CCC(=O)N1Cc2ccccc2C[C@@H]1C(=O)NO. The highest BCUT2D eigenvalue weighted by Gasteiger charge is 2.33. The standard InChI is InChI=1S/C13H16N2O3/c1-2-12(16)15-8-10-6-4-3-5-9(10)7-11(15)13(17)14-18/h3-6,11,18H,2,7-8H2,1H3,(H,14,17)/t11-/m1/s1. The molecule has 0 bridgehead atoms. The number of nitrogens with one attached hydrogen (secondary N) is 1. The summed E-state index contributed by atoms with van der Waals surface area (Å²) in [5, 5.41) is 8.77. The molecule has 0 spiro atoms. The molecule has 1 atom stereocenters. The van der Waals surface area contributed by atoms with E-state index >= 15 is 0 Å². The first kappa shape index (κ1) is 12.6. The zero-order valence-corrected chi connectivity index (χ0v) is 10.2. The van der Waals surface area contributed by atoms with Gasteiger partial charge in [-0.3, -0.25) is 14.8 Å². The van der Waals surface area contributed by atoms with Crippen molar-refractivity contribution in [3.8, 4) is 0 Å². The van der Waals surface area contributed by atoms with Gasteiger partial charge in [-0.2, -0.15) is 0 Å². The zero-order valence-electron chi connectivity index (χ0n) is 10.2. The molecule has 1 aliphatic rings. The molecule has 0 saturated carbocycles. The van der Waals surface area contributed by atoms with Gasteiger partial charge in [-0.05, 0) is 11.1 Å². The monoisotopic (exact) mass is 248 g/mol. The molecule has 0 saturated heterocycles. The maximum absolute atomic E-state index is 11.9. The lowest BCUT2D eigenvalue weighted by Gasteiger charge is -2.35. The number of fused-ring (bicyclic) bond motifs is 1. The topological polar surface area (TPSA) is 69.6 Å². The van der Waals surface area contributed by atoms with Crippen LogP contribution in [0.5, 0.6) is 0 Å². The second-order valence-corrected chi connectivity index (χ2v) is 4.34. The molecule has 2 amide bonds. The van der Waals surface area contributed by atoms with Gasteiger partial charge in [0.1, 0.15) is 6.04 Å². The fourth-order valence-electron chi connectivity index (χ4n) is 2.30. The largest absolute Gasteiger partial charge is 0.326 e. The summed E-state index contributed by atoms with van der Waals surface area (Å²) in [7, 11) is 0. The summed E-state index contributed by atoms with van der Waals surface area (Å²) >= 11 is 0. The molecule has 1 heterocycles. The van der Waals surface area contributed by atoms with Gasteiger partial charge >= 0.3 is 0 Å². The zero-order chi connectivity index (χ0) is 13.1. The van der Waals surface area contributed by atoms with Crippen LogP contribution in [0.15, 0.2) is 24.3 Å². The van der Waals surface area contributed by atoms with Crippen LogP contribution in [0, 0.1) is 0 Å². The number of amides is 2. The van der Waals surface area contributed by atoms with Crippen molar-refractivity contribution < 1.29 is 14.8 Å². The van der Waals surface area contributed by atoms with Crippen molar-refractivity contribution in [2.45, 2.75) is 32.4 Å². The molecule has 0 aliphatic carbocycles. The molecule has 2 rings (SSSR count). The summed E-state index contributed by atoms with van der Waals surface area (Å²) in [6, 6.07) is 7.10. The molecule has 1 aromatic carbocycles. The van der Waals surface area contributed by atoms with Crippen molar-refractivity contribution in [2.24, 2.45) is 0 Å². The number of nitrogens with zero attached hydrogens (tertiary/aromatic N) is 1. The van der Waals surface area contributed by atoms with E-state index < -0.39 is 11.9 Å². The quantitative estimate of drug-likeness (QED) is 0.602. The van der Waals surface area contributed by atoms with Crippen LogP contribution in [-0.4, -0.2) is 28.0 Å². The Hall–Kier alpha value is -1.88. The highest BCUT2D eigenvalue weighted by Crippen LogP contribution is 2.23. The summed E-state index contributed by atoms with van der Waals surface area (Å²) in [6.07, 6.45) is 0.783. The van der Waals surface area contributed by atoms with E-state index in [1.54, 1.807) is 12.4 Å². The summed E-state index contributed by atoms with van der Waals surface area (Å²) in [5.74, 6) is -0.621. The van der Waals surface area contributed by atoms with E-state index in [0.717, 1.165) is 11.1 Å². The first-order chi connectivity index (χ1) is 8.67. The molecule has 5 nitrogen and oxygen atoms in total. The molecule has 0 aromatic heterocycles. The van der Waals surface area contributed by atoms with Crippen molar-refractivity contribution in [1.82, 2.24) is 10.4 Å². The van der Waals surface area contributed by atoms with Crippen LogP contribution in [0.2, 0.25) is 0 Å². The Morgan fingerprint density at radius 2 is 2.06 bits per heavy atom. The molecule has 1 aromatic rings. The molecule has 0 unspecified atom stereocenters. The van der Waals surface area contributed by atoms with E-state index in [4.69, 9.17) is 5.21 Å². The molecule has 0 radical (unpaired) electrons. The molecule has 1 aliphatic heterocycles. The number of hydrogen-bond donors (Lipinski definition) is 2. The Morgan fingerprint density at radius 1 is 1.39 bits per heavy atom. The fraction of sp³-hybridized carbons (Fsp3) is 0.385. The van der Waals surface area contributed by atoms with Gasteiger partial charge in [-0.15, -0.1) is 0 Å². The first-order valence-corrected chi connectivity index (χ1v) is 5.97. The Kier molecular flexibility index (Phi) is 3.62. The van der Waals surface area contributed by atoms with Crippen molar-refractivity contribution in [1.29, 1.82) is 0 Å². The average molecular weight is 248 g/mol. The van der Waals surface area contributed by atoms with Crippen LogP contribution >= 0.6 is 0 Å². The van der Waals surface area contributed by atoms with Crippen LogP contribution in [0.4, 0.5) is 0 Å². The summed E-state index contributed by atoms with van der Waals surface area (Å²) in [4.78, 5) is 25.0. The minimum Gasteiger partial charge on any atom is -0.326 e. The van der Waals surface area contributed by atoms with E-state index in [9.17, 15) is 9.59 Å². The van der Waals surface area contributed by atoms with E-state index in [2.05, 4.69) is 0 Å². The number of carbonyl (C=O) groups is 2. The van der Waals surface area contributed by atoms with Gasteiger partial charge in [-0.1, -0.05) is 31.2 Å². The van der Waals surface area contributed by atoms with E-state index in [0.29, 0.717) is 19.4 Å². The maximum atomic E-state index is 11.9. The lowest BCUT2D eigenvalue weighted by Crippen LogP contribution is -2.51. The lowest BCUT2D eigenvalue weighted by atomic mass is 9.93. The predicted molar refractivity (Wildman–Crippen MR) is 64.7 cm³/mol. The number of hydroxylamine groups is 1. The normalized spacial score (nSPS) is 18.1. The molecule has 0 fully saturated rings. The van der Waals surface area contributed by atoms with Gasteiger partial charge < -0.3 is 4.90 Å². The van der Waals surface area contributed by atoms with E-state index in [1.165, 1.54) is 4.90 Å². The minimum atomic E-state index is -0.627. The maximum Gasteiger partial charge on any atom is 0.266 e. The summed E-state index contributed by atoms with van der Waals surface area (Å²) < 4.78 is 0. The third-order valence-electron chi connectivity index (χ3n) is 3.28. The van der Waals surface area contributed by atoms with Gasteiger partial charge in [0.2, 0.25) is 5.91 Å². The minimum absolute atomic E-state index is 0.0851. The van der Waals surface area contributed by atoms with Gasteiger partial charge in [0.15, 0.2) is 0 Å². The Labute approximate surface area is 105 Å². The lowest BCUT2D eigenvalue weighted by molar-refractivity contribution is -0.145. The number of rotatable bonds is 2. The van der Waals surface area contributed by atoms with Crippen molar-refractivity contribution in [3.05, 3.63) is 35.4 Å². The predicted octanol–water partition coefficient (Wildman–Crippen LogP) is 0.855. The van der Waals surface area contributed by atoms with Crippen molar-refractivity contribution >= 4 is 11.8 Å². The highest BCUT2D eigenvalue weighted by molar-refractivity contribution is 5.87. The second kappa shape index (κ2) is 5.18. The number of hydrogen-bond acceptors (Lipinski definition) is 3. The molecular formula is C13H16N2O3. The summed E-state index contributed by atoms with van der Waals surface area (Å²) in [6.45, 7) is 2.18. The fourth-order valence-corrected chi connectivity index (χ4v) is 2.30. The van der Waals surface area contributed by atoms with Gasteiger partial charge in [0, 0.05) is 19.4 Å². The molecule has 5 heteroatoms. The first-order valence-electron chi connectivity index (χ1n) is 5.97. The average Bonchev–Trinajstić information content (AvgIpc) is 2.44. The van der Waals surface area contributed by atoms with Crippen LogP contribution in [0.1, 0.15) is 24.5 Å². The molecule has 18 heavy (non-hydrogen) atoms. The third-order valence-corrected chi connectivity index (χ3v) is 3.28. The van der Waals surface area contributed by atoms with Crippen LogP contribution in [0.25, 0.3) is 0 Å². The van der Waals surface area contributed by atoms with Crippen molar-refractivity contribution in [2.75, 3.05) is 0 Å².